The van der Waals surface area contributed by atoms with Gasteiger partial charge < -0.3 is 5.32 Å². The smallest absolute Gasteiger partial charge is 0.240 e. The number of nitrogens with one attached hydrogen (secondary N) is 2. The first-order valence-electron chi connectivity index (χ1n) is 8.46. The van der Waals surface area contributed by atoms with Crippen molar-refractivity contribution in [3.8, 4) is 0 Å². The number of carbonyl (C=O) groups is 1. The Kier molecular flexibility index (Phi) is 5.22. The fourth-order valence-corrected chi connectivity index (χ4v) is 5.65. The largest absolute Gasteiger partial charge is 0.325 e. The van der Waals surface area contributed by atoms with E-state index >= 15 is 0 Å². The Labute approximate surface area is 148 Å². The highest BCUT2D eigenvalue weighted by molar-refractivity contribution is 8.00. The van der Waals surface area contributed by atoms with Gasteiger partial charge in [0, 0.05) is 22.6 Å². The molecule has 0 spiro atoms. The minimum Gasteiger partial charge on any atom is -0.325 e. The lowest BCUT2D eigenvalue weighted by atomic mass is 9.88. The number of hydrogen-bond acceptors (Lipinski definition) is 4. The first kappa shape index (κ1) is 17.8. The zero-order chi connectivity index (χ0) is 17.3. The molecule has 3 rings (SSSR count). The summed E-state index contributed by atoms with van der Waals surface area (Å²) in [6, 6.07) is 5.00. The second-order valence-electron chi connectivity index (χ2n) is 6.92. The van der Waals surface area contributed by atoms with Crippen molar-refractivity contribution < 1.29 is 13.2 Å². The van der Waals surface area contributed by atoms with Crippen LogP contribution in [0.25, 0.3) is 0 Å². The SMILES string of the molecule is CC1CCC(NS(=O)(=O)c2ccc3c(c2)NC(=O)C[C@@H](C)S3)CC1. The maximum absolute atomic E-state index is 12.7. The third kappa shape index (κ3) is 4.13. The molecule has 0 bridgehead atoms. The van der Waals surface area contributed by atoms with E-state index in [4.69, 9.17) is 0 Å². The number of anilines is 1. The number of rotatable bonds is 3. The first-order valence-corrected chi connectivity index (χ1v) is 10.8. The summed E-state index contributed by atoms with van der Waals surface area (Å²) in [7, 11) is -3.56. The predicted molar refractivity (Wildman–Crippen MR) is 96.7 cm³/mol. The van der Waals surface area contributed by atoms with Crippen molar-refractivity contribution in [2.24, 2.45) is 5.92 Å². The zero-order valence-electron chi connectivity index (χ0n) is 14.0. The van der Waals surface area contributed by atoms with E-state index in [1.807, 2.05) is 6.92 Å². The molecular weight excluding hydrogens is 344 g/mol. The van der Waals surface area contributed by atoms with Gasteiger partial charge in [-0.15, -0.1) is 11.8 Å². The van der Waals surface area contributed by atoms with Crippen molar-refractivity contribution in [2.75, 3.05) is 5.32 Å². The second kappa shape index (κ2) is 7.06. The monoisotopic (exact) mass is 368 g/mol. The van der Waals surface area contributed by atoms with Crippen LogP contribution >= 0.6 is 11.8 Å². The first-order chi connectivity index (χ1) is 11.3. The van der Waals surface area contributed by atoms with Crippen LogP contribution in [-0.2, 0) is 14.8 Å². The number of sulfonamides is 1. The molecule has 1 atom stereocenters. The van der Waals surface area contributed by atoms with Crippen LogP contribution in [0.5, 0.6) is 0 Å². The molecule has 5 nitrogen and oxygen atoms in total. The molecule has 7 heteroatoms. The fraction of sp³-hybridized carbons (Fsp3) is 0.588. The van der Waals surface area contributed by atoms with Gasteiger partial charge in [0.15, 0.2) is 0 Å². The predicted octanol–water partition coefficient (Wildman–Crippen LogP) is 3.37. The van der Waals surface area contributed by atoms with Gasteiger partial charge in [-0.25, -0.2) is 13.1 Å². The van der Waals surface area contributed by atoms with Gasteiger partial charge in [-0.2, -0.15) is 0 Å². The summed E-state index contributed by atoms with van der Waals surface area (Å²) in [5.74, 6) is 0.602. The quantitative estimate of drug-likeness (QED) is 0.858. The van der Waals surface area contributed by atoms with Gasteiger partial charge in [-0.1, -0.05) is 13.8 Å². The summed E-state index contributed by atoms with van der Waals surface area (Å²) in [6.07, 6.45) is 4.31. The molecule has 1 aromatic rings. The molecule has 1 aliphatic carbocycles. The molecule has 1 aliphatic heterocycles. The molecular formula is C17H24N2O3S2. The molecule has 0 saturated heterocycles. The van der Waals surface area contributed by atoms with E-state index in [0.29, 0.717) is 18.0 Å². The standard InChI is InChI=1S/C17H24N2O3S2/c1-11-3-5-13(6-4-11)19-24(21,22)14-7-8-16-15(10-14)18-17(20)9-12(2)23-16/h7-8,10-13,19H,3-6,9H2,1-2H3,(H,18,20)/t11?,12-,13?/m1/s1. The highest BCUT2D eigenvalue weighted by Gasteiger charge is 2.26. The van der Waals surface area contributed by atoms with Gasteiger partial charge in [-0.3, -0.25) is 4.79 Å². The van der Waals surface area contributed by atoms with Crippen molar-refractivity contribution in [3.63, 3.8) is 0 Å². The highest BCUT2D eigenvalue weighted by Crippen LogP contribution is 2.36. The van der Waals surface area contributed by atoms with Gasteiger partial charge in [0.05, 0.1) is 10.6 Å². The molecule has 1 amide bonds. The summed E-state index contributed by atoms with van der Waals surface area (Å²) in [4.78, 5) is 13.0. The van der Waals surface area contributed by atoms with Crippen molar-refractivity contribution in [2.45, 2.75) is 67.0 Å². The van der Waals surface area contributed by atoms with E-state index in [9.17, 15) is 13.2 Å². The molecule has 1 heterocycles. The minimum atomic E-state index is -3.56. The van der Waals surface area contributed by atoms with Gasteiger partial charge in [-0.05, 0) is 49.8 Å². The number of thioether (sulfide) groups is 1. The van der Waals surface area contributed by atoms with Gasteiger partial charge in [0.25, 0.3) is 0 Å². The van der Waals surface area contributed by atoms with E-state index in [1.165, 1.54) is 0 Å². The average molecular weight is 369 g/mol. The molecule has 2 N–H and O–H groups in total. The summed E-state index contributed by atoms with van der Waals surface area (Å²) in [5, 5.41) is 3.00. The van der Waals surface area contributed by atoms with Crippen LogP contribution in [0.4, 0.5) is 5.69 Å². The molecule has 132 valence electrons. The van der Waals surface area contributed by atoms with Gasteiger partial charge in [0.1, 0.15) is 0 Å². The Morgan fingerprint density at radius 1 is 1.17 bits per heavy atom. The zero-order valence-corrected chi connectivity index (χ0v) is 15.7. The minimum absolute atomic E-state index is 0.00833. The van der Waals surface area contributed by atoms with E-state index in [2.05, 4.69) is 17.0 Å². The lowest BCUT2D eigenvalue weighted by Gasteiger charge is -2.26. The van der Waals surface area contributed by atoms with E-state index in [-0.39, 0.29) is 22.1 Å². The molecule has 1 fully saturated rings. The Morgan fingerprint density at radius 3 is 2.58 bits per heavy atom. The van der Waals surface area contributed by atoms with Crippen molar-refractivity contribution >= 4 is 33.4 Å². The van der Waals surface area contributed by atoms with Crippen molar-refractivity contribution in [1.29, 1.82) is 0 Å². The van der Waals surface area contributed by atoms with Crippen LogP contribution in [0.3, 0.4) is 0 Å². The maximum atomic E-state index is 12.7. The Morgan fingerprint density at radius 2 is 1.88 bits per heavy atom. The second-order valence-corrected chi connectivity index (χ2v) is 10.1. The number of amides is 1. The van der Waals surface area contributed by atoms with Crippen LogP contribution in [0.1, 0.15) is 46.0 Å². The lowest BCUT2D eigenvalue weighted by molar-refractivity contribution is -0.116. The molecule has 1 saturated carbocycles. The van der Waals surface area contributed by atoms with Crippen LogP contribution in [0, 0.1) is 5.92 Å². The average Bonchev–Trinajstić information content (AvgIpc) is 2.64. The molecule has 0 aromatic heterocycles. The molecule has 0 unspecified atom stereocenters. The Bertz CT molecular complexity index is 725. The summed E-state index contributed by atoms with van der Waals surface area (Å²) < 4.78 is 28.2. The van der Waals surface area contributed by atoms with Gasteiger partial charge in [0.2, 0.25) is 15.9 Å². The van der Waals surface area contributed by atoms with Gasteiger partial charge >= 0.3 is 0 Å². The Hall–Kier alpha value is -1.05. The lowest BCUT2D eigenvalue weighted by Crippen LogP contribution is -2.37. The van der Waals surface area contributed by atoms with Crippen molar-refractivity contribution in [3.05, 3.63) is 18.2 Å². The van der Waals surface area contributed by atoms with Crippen LogP contribution < -0.4 is 10.0 Å². The van der Waals surface area contributed by atoms with E-state index in [0.717, 1.165) is 30.6 Å². The number of hydrogen-bond donors (Lipinski definition) is 2. The van der Waals surface area contributed by atoms with Crippen LogP contribution in [0.15, 0.2) is 28.0 Å². The number of benzene rings is 1. The topological polar surface area (TPSA) is 75.3 Å². The highest BCUT2D eigenvalue weighted by atomic mass is 32.2. The summed E-state index contributed by atoms with van der Waals surface area (Å²) in [5.41, 5.74) is 0.592. The molecule has 2 aliphatic rings. The van der Waals surface area contributed by atoms with Crippen LogP contribution in [-0.4, -0.2) is 25.6 Å². The van der Waals surface area contributed by atoms with Crippen molar-refractivity contribution in [1.82, 2.24) is 4.72 Å². The van der Waals surface area contributed by atoms with E-state index in [1.54, 1.807) is 30.0 Å². The van der Waals surface area contributed by atoms with Crippen LogP contribution in [0.2, 0.25) is 0 Å². The fourth-order valence-electron chi connectivity index (χ4n) is 3.26. The third-order valence-electron chi connectivity index (χ3n) is 4.67. The maximum Gasteiger partial charge on any atom is 0.240 e. The number of carbonyl (C=O) groups excluding carboxylic acids is 1. The summed E-state index contributed by atoms with van der Waals surface area (Å²) >= 11 is 1.59. The molecule has 0 radical (unpaired) electrons. The summed E-state index contributed by atoms with van der Waals surface area (Å²) in [6.45, 7) is 4.20. The van der Waals surface area contributed by atoms with E-state index < -0.39 is 10.0 Å². The Balaban J connectivity index is 1.80. The number of fused-ring (bicyclic) bond motifs is 1. The third-order valence-corrected chi connectivity index (χ3v) is 7.37. The molecule has 1 aromatic carbocycles. The normalized spacial score (nSPS) is 27.9. The molecule has 24 heavy (non-hydrogen) atoms.